The smallest absolute Gasteiger partial charge is 0.405 e. The number of rotatable bonds is 3. The number of fused-ring (bicyclic) bond motifs is 1. The first kappa shape index (κ1) is 15.9. The van der Waals surface area contributed by atoms with E-state index in [-0.39, 0.29) is 5.56 Å². The summed E-state index contributed by atoms with van der Waals surface area (Å²) in [6.45, 7) is 0. The van der Waals surface area contributed by atoms with Gasteiger partial charge in [0.2, 0.25) is 0 Å². The van der Waals surface area contributed by atoms with Crippen LogP contribution in [0.1, 0.15) is 11.1 Å². The lowest BCUT2D eigenvalue weighted by molar-refractivity contribution is -0.112. The van der Waals surface area contributed by atoms with Crippen molar-refractivity contribution in [1.29, 1.82) is 0 Å². The lowest BCUT2D eigenvalue weighted by Crippen LogP contribution is -2.46. The molecule has 24 heavy (non-hydrogen) atoms. The molecule has 3 rings (SSSR count). The Balaban J connectivity index is 2.09. The molecule has 2 N–H and O–H groups in total. The molecule has 0 fully saturated rings. The lowest BCUT2D eigenvalue weighted by atomic mass is 9.81. The summed E-state index contributed by atoms with van der Waals surface area (Å²) in [7, 11) is 0. The maximum absolute atomic E-state index is 14.0. The average molecular weight is 329 g/mol. The number of nitrogens with one attached hydrogen (secondary N) is 1. The average Bonchev–Trinajstić information content (AvgIpc) is 2.54. The van der Waals surface area contributed by atoms with Crippen LogP contribution in [0, 0.1) is 11.6 Å². The molecule has 0 aromatic heterocycles. The summed E-state index contributed by atoms with van der Waals surface area (Å²) < 4.78 is 27.0. The minimum Gasteiger partial charge on any atom is -0.465 e. The fourth-order valence-corrected chi connectivity index (χ4v) is 2.94. The molecule has 2 aromatic rings. The highest BCUT2D eigenvalue weighted by Crippen LogP contribution is 2.33. The van der Waals surface area contributed by atoms with Crippen LogP contribution in [0.2, 0.25) is 0 Å². The van der Waals surface area contributed by atoms with Crippen LogP contribution in [-0.2, 0) is 16.8 Å². The molecule has 122 valence electrons. The van der Waals surface area contributed by atoms with Gasteiger partial charge < -0.3 is 10.4 Å². The molecular formula is C18H13F2NO3. The molecule has 4 nitrogen and oxygen atoms in total. The van der Waals surface area contributed by atoms with E-state index in [9.17, 15) is 18.4 Å². The van der Waals surface area contributed by atoms with Crippen molar-refractivity contribution in [2.75, 3.05) is 0 Å². The Bertz CT molecular complexity index is 863. The number of aldehydes is 1. The van der Waals surface area contributed by atoms with Gasteiger partial charge in [-0.05, 0) is 35.2 Å². The molecule has 1 aliphatic carbocycles. The Morgan fingerprint density at radius 2 is 2.00 bits per heavy atom. The van der Waals surface area contributed by atoms with Gasteiger partial charge in [0.15, 0.2) is 6.29 Å². The van der Waals surface area contributed by atoms with E-state index in [1.807, 2.05) is 0 Å². The Morgan fingerprint density at radius 3 is 2.67 bits per heavy atom. The summed E-state index contributed by atoms with van der Waals surface area (Å²) >= 11 is 0. The molecule has 0 saturated carbocycles. The second-order valence-corrected chi connectivity index (χ2v) is 5.52. The third kappa shape index (κ3) is 2.67. The van der Waals surface area contributed by atoms with Crippen LogP contribution in [0.25, 0.3) is 11.1 Å². The van der Waals surface area contributed by atoms with Gasteiger partial charge in [0.05, 0.1) is 0 Å². The molecule has 1 aliphatic rings. The summed E-state index contributed by atoms with van der Waals surface area (Å²) in [6, 6.07) is 8.15. The molecule has 1 amide bonds. The van der Waals surface area contributed by atoms with Crippen LogP contribution in [0.3, 0.4) is 0 Å². The third-order valence-corrected chi connectivity index (χ3v) is 4.01. The number of carbonyl (C=O) groups is 2. The Labute approximate surface area is 136 Å². The van der Waals surface area contributed by atoms with E-state index < -0.39 is 23.3 Å². The van der Waals surface area contributed by atoms with E-state index in [1.165, 1.54) is 18.2 Å². The topological polar surface area (TPSA) is 66.4 Å². The van der Waals surface area contributed by atoms with Crippen molar-refractivity contribution in [1.82, 2.24) is 5.32 Å². The van der Waals surface area contributed by atoms with Gasteiger partial charge in [-0.1, -0.05) is 30.4 Å². The molecule has 0 bridgehead atoms. The number of carbonyl (C=O) groups excluding carboxylic acids is 1. The zero-order valence-corrected chi connectivity index (χ0v) is 12.4. The molecule has 0 saturated heterocycles. The van der Waals surface area contributed by atoms with Crippen molar-refractivity contribution >= 4 is 12.4 Å². The van der Waals surface area contributed by atoms with Gasteiger partial charge in [-0.2, -0.15) is 0 Å². The monoisotopic (exact) mass is 329 g/mol. The molecule has 0 radical (unpaired) electrons. The van der Waals surface area contributed by atoms with Gasteiger partial charge >= 0.3 is 6.09 Å². The molecule has 0 heterocycles. The van der Waals surface area contributed by atoms with E-state index in [2.05, 4.69) is 5.32 Å². The van der Waals surface area contributed by atoms with Gasteiger partial charge in [-0.3, -0.25) is 4.79 Å². The molecule has 6 heteroatoms. The highest BCUT2D eigenvalue weighted by Gasteiger charge is 2.35. The van der Waals surface area contributed by atoms with E-state index in [4.69, 9.17) is 5.11 Å². The van der Waals surface area contributed by atoms with Crippen molar-refractivity contribution in [3.8, 4) is 11.1 Å². The summed E-state index contributed by atoms with van der Waals surface area (Å²) in [6.07, 6.45) is 2.84. The lowest BCUT2D eigenvalue weighted by Gasteiger charge is -2.30. The number of hydrogen-bond acceptors (Lipinski definition) is 2. The molecule has 2 aromatic carbocycles. The number of allylic oxidation sites excluding steroid dienone is 1. The van der Waals surface area contributed by atoms with Crippen molar-refractivity contribution in [2.24, 2.45) is 0 Å². The second-order valence-electron chi connectivity index (χ2n) is 5.52. The van der Waals surface area contributed by atoms with Gasteiger partial charge in [0.1, 0.15) is 17.2 Å². The maximum atomic E-state index is 14.0. The van der Waals surface area contributed by atoms with E-state index >= 15 is 0 Å². The molecule has 0 unspecified atom stereocenters. The fraction of sp³-hybridized carbons (Fsp3) is 0.111. The minimum absolute atomic E-state index is 0.233. The van der Waals surface area contributed by atoms with Crippen LogP contribution in [-0.4, -0.2) is 17.5 Å². The SMILES string of the molecule is O=C[C@]1(NC(=O)O)C=CCc2cc(-c3ccc(F)cc3F)ccc21. The summed E-state index contributed by atoms with van der Waals surface area (Å²) in [5.41, 5.74) is 0.487. The maximum Gasteiger partial charge on any atom is 0.405 e. The van der Waals surface area contributed by atoms with Crippen molar-refractivity contribution < 1.29 is 23.5 Å². The van der Waals surface area contributed by atoms with E-state index in [0.717, 1.165) is 6.07 Å². The zero-order chi connectivity index (χ0) is 17.3. The van der Waals surface area contributed by atoms with Crippen molar-refractivity contribution in [2.45, 2.75) is 12.0 Å². The van der Waals surface area contributed by atoms with E-state index in [0.29, 0.717) is 29.4 Å². The van der Waals surface area contributed by atoms with Crippen LogP contribution in [0.5, 0.6) is 0 Å². The van der Waals surface area contributed by atoms with Crippen molar-refractivity contribution in [3.63, 3.8) is 0 Å². The van der Waals surface area contributed by atoms with Gasteiger partial charge in [-0.25, -0.2) is 13.6 Å². The predicted octanol–water partition coefficient (Wildman–Crippen LogP) is 3.41. The molecule has 1 atom stereocenters. The highest BCUT2D eigenvalue weighted by molar-refractivity contribution is 5.81. The fourth-order valence-electron chi connectivity index (χ4n) is 2.94. The molecule has 0 aliphatic heterocycles. The number of amides is 1. The molecule has 0 spiro atoms. The van der Waals surface area contributed by atoms with E-state index in [1.54, 1.807) is 24.3 Å². The Kier molecular flexibility index (Phi) is 3.89. The van der Waals surface area contributed by atoms with Crippen LogP contribution in [0.15, 0.2) is 48.6 Å². The minimum atomic E-state index is -1.46. The van der Waals surface area contributed by atoms with Crippen molar-refractivity contribution in [3.05, 3.63) is 71.3 Å². The predicted molar refractivity (Wildman–Crippen MR) is 83.5 cm³/mol. The largest absolute Gasteiger partial charge is 0.465 e. The normalized spacial score (nSPS) is 18.8. The Morgan fingerprint density at radius 1 is 1.21 bits per heavy atom. The first-order chi connectivity index (χ1) is 11.4. The number of carboxylic acid groups (broad SMARTS) is 1. The second kappa shape index (κ2) is 5.88. The Hall–Kier alpha value is -3.02. The van der Waals surface area contributed by atoms with Crippen LogP contribution < -0.4 is 5.32 Å². The highest BCUT2D eigenvalue weighted by atomic mass is 19.1. The van der Waals surface area contributed by atoms with Crippen LogP contribution >= 0.6 is 0 Å². The van der Waals surface area contributed by atoms with Crippen LogP contribution in [0.4, 0.5) is 13.6 Å². The number of benzene rings is 2. The molecular weight excluding hydrogens is 316 g/mol. The first-order valence-corrected chi connectivity index (χ1v) is 7.19. The quantitative estimate of drug-likeness (QED) is 0.670. The summed E-state index contributed by atoms with van der Waals surface area (Å²) in [5.74, 6) is -1.35. The first-order valence-electron chi connectivity index (χ1n) is 7.19. The van der Waals surface area contributed by atoms with Gasteiger partial charge in [-0.15, -0.1) is 0 Å². The van der Waals surface area contributed by atoms with Gasteiger partial charge in [0.25, 0.3) is 0 Å². The number of hydrogen-bond donors (Lipinski definition) is 2. The van der Waals surface area contributed by atoms with Gasteiger partial charge in [0, 0.05) is 11.6 Å². The number of halogens is 2. The zero-order valence-electron chi connectivity index (χ0n) is 12.4. The standard InChI is InChI=1S/C18H13F2NO3/c19-13-4-5-14(16(20)9-13)11-3-6-15-12(8-11)2-1-7-18(15,10-22)21-17(23)24/h1,3-10,21H,2H2,(H,23,24)/t18-/m1/s1. The third-order valence-electron chi connectivity index (χ3n) is 4.01. The summed E-state index contributed by atoms with van der Waals surface area (Å²) in [4.78, 5) is 22.6. The summed E-state index contributed by atoms with van der Waals surface area (Å²) in [5, 5.41) is 11.2.